The van der Waals surface area contributed by atoms with Gasteiger partial charge in [0.05, 0.1) is 0 Å². The minimum Gasteiger partial charge on any atom is -0.294 e. The van der Waals surface area contributed by atoms with Crippen molar-refractivity contribution in [3.8, 4) is 0 Å². The SMILES string of the molecule is CCC(=O)c1cccc2ccc(F)c(F)c12. The fourth-order valence-electron chi connectivity index (χ4n) is 1.73. The molecule has 0 aliphatic heterocycles. The zero-order chi connectivity index (χ0) is 11.7. The maximum Gasteiger partial charge on any atom is 0.167 e. The summed E-state index contributed by atoms with van der Waals surface area (Å²) in [5.41, 5.74) is 0.247. The molecule has 2 rings (SSSR count). The van der Waals surface area contributed by atoms with Gasteiger partial charge in [-0.1, -0.05) is 31.2 Å². The Balaban J connectivity index is 2.84. The quantitative estimate of drug-likeness (QED) is 0.705. The van der Waals surface area contributed by atoms with Crippen LogP contribution < -0.4 is 0 Å². The average Bonchev–Trinajstić information content (AvgIpc) is 2.32. The van der Waals surface area contributed by atoms with E-state index < -0.39 is 11.6 Å². The number of rotatable bonds is 2. The number of hydrogen-bond donors (Lipinski definition) is 0. The van der Waals surface area contributed by atoms with E-state index in [0.29, 0.717) is 5.39 Å². The topological polar surface area (TPSA) is 17.1 Å². The standard InChI is InChI=1S/C13H10F2O/c1-2-11(16)9-5-3-4-8-6-7-10(14)13(15)12(8)9/h3-7H,2H2,1H3. The maximum absolute atomic E-state index is 13.6. The molecule has 0 aliphatic carbocycles. The fourth-order valence-corrected chi connectivity index (χ4v) is 1.73. The monoisotopic (exact) mass is 220 g/mol. The summed E-state index contributed by atoms with van der Waals surface area (Å²) in [6.45, 7) is 1.69. The van der Waals surface area contributed by atoms with Gasteiger partial charge in [0.2, 0.25) is 0 Å². The Labute approximate surface area is 91.7 Å². The number of Topliss-reactive ketones (excluding diaryl/α,β-unsaturated/α-hetero) is 1. The minimum absolute atomic E-state index is 0.0781. The molecule has 0 saturated heterocycles. The molecule has 0 fully saturated rings. The van der Waals surface area contributed by atoms with Gasteiger partial charge in [0, 0.05) is 17.4 Å². The Morgan fingerprint density at radius 1 is 1.19 bits per heavy atom. The largest absolute Gasteiger partial charge is 0.294 e. The lowest BCUT2D eigenvalue weighted by Gasteiger charge is -2.06. The smallest absolute Gasteiger partial charge is 0.167 e. The number of fused-ring (bicyclic) bond motifs is 1. The van der Waals surface area contributed by atoms with Crippen LogP contribution in [0.15, 0.2) is 30.3 Å². The van der Waals surface area contributed by atoms with Crippen LogP contribution in [0.1, 0.15) is 23.7 Å². The van der Waals surface area contributed by atoms with E-state index in [1.54, 1.807) is 19.1 Å². The third-order valence-electron chi connectivity index (χ3n) is 2.56. The van der Waals surface area contributed by atoms with E-state index in [4.69, 9.17) is 0 Å². The van der Waals surface area contributed by atoms with E-state index in [1.165, 1.54) is 12.1 Å². The van der Waals surface area contributed by atoms with Gasteiger partial charge in [-0.3, -0.25) is 4.79 Å². The molecule has 0 heterocycles. The van der Waals surface area contributed by atoms with Crippen molar-refractivity contribution in [1.82, 2.24) is 0 Å². The molecule has 0 saturated carbocycles. The molecule has 0 aliphatic rings. The Hall–Kier alpha value is -1.77. The van der Waals surface area contributed by atoms with Crippen LogP contribution in [0.2, 0.25) is 0 Å². The van der Waals surface area contributed by atoms with Gasteiger partial charge in [-0.05, 0) is 11.5 Å². The van der Waals surface area contributed by atoms with Gasteiger partial charge in [-0.25, -0.2) is 8.78 Å². The molecule has 0 bridgehead atoms. The third kappa shape index (κ3) is 1.58. The summed E-state index contributed by atoms with van der Waals surface area (Å²) in [5, 5.41) is 0.618. The summed E-state index contributed by atoms with van der Waals surface area (Å²) < 4.78 is 26.7. The summed E-state index contributed by atoms with van der Waals surface area (Å²) >= 11 is 0. The molecule has 0 radical (unpaired) electrons. The first-order valence-electron chi connectivity index (χ1n) is 5.05. The lowest BCUT2D eigenvalue weighted by molar-refractivity contribution is 0.0989. The highest BCUT2D eigenvalue weighted by atomic mass is 19.2. The lowest BCUT2D eigenvalue weighted by atomic mass is 9.99. The molecule has 82 valence electrons. The van der Waals surface area contributed by atoms with Gasteiger partial charge in [0.15, 0.2) is 17.4 Å². The van der Waals surface area contributed by atoms with Crippen LogP contribution in [0.5, 0.6) is 0 Å². The first-order valence-corrected chi connectivity index (χ1v) is 5.05. The van der Waals surface area contributed by atoms with E-state index in [9.17, 15) is 13.6 Å². The highest BCUT2D eigenvalue weighted by Crippen LogP contribution is 2.24. The van der Waals surface area contributed by atoms with Crippen LogP contribution in [0.3, 0.4) is 0 Å². The Morgan fingerprint density at radius 2 is 1.94 bits per heavy atom. The van der Waals surface area contributed by atoms with Crippen molar-refractivity contribution in [3.63, 3.8) is 0 Å². The predicted molar refractivity (Wildman–Crippen MR) is 58.5 cm³/mol. The first-order chi connectivity index (χ1) is 7.65. The van der Waals surface area contributed by atoms with Crippen molar-refractivity contribution >= 4 is 16.6 Å². The van der Waals surface area contributed by atoms with Crippen LogP contribution in [0.25, 0.3) is 10.8 Å². The maximum atomic E-state index is 13.6. The summed E-state index contributed by atoms with van der Waals surface area (Å²) in [6, 6.07) is 7.39. The second kappa shape index (κ2) is 4.00. The Morgan fingerprint density at radius 3 is 2.62 bits per heavy atom. The molecular formula is C13H10F2O. The third-order valence-corrected chi connectivity index (χ3v) is 2.56. The number of halogens is 2. The van der Waals surface area contributed by atoms with E-state index >= 15 is 0 Å². The number of carbonyl (C=O) groups is 1. The molecule has 2 aromatic rings. The van der Waals surface area contributed by atoms with Crippen molar-refractivity contribution in [2.45, 2.75) is 13.3 Å². The van der Waals surface area contributed by atoms with Crippen LogP contribution in [-0.2, 0) is 0 Å². The van der Waals surface area contributed by atoms with E-state index in [-0.39, 0.29) is 23.2 Å². The highest BCUT2D eigenvalue weighted by Gasteiger charge is 2.14. The van der Waals surface area contributed by atoms with Gasteiger partial charge >= 0.3 is 0 Å². The normalized spacial score (nSPS) is 10.7. The van der Waals surface area contributed by atoms with Crippen LogP contribution in [-0.4, -0.2) is 5.78 Å². The molecule has 3 heteroatoms. The van der Waals surface area contributed by atoms with Crippen molar-refractivity contribution in [3.05, 3.63) is 47.5 Å². The summed E-state index contributed by atoms with van der Waals surface area (Å²) in [4.78, 5) is 11.6. The number of ketones is 1. The van der Waals surface area contributed by atoms with E-state index in [2.05, 4.69) is 0 Å². The molecule has 0 spiro atoms. The Bertz CT molecular complexity index is 561. The highest BCUT2D eigenvalue weighted by molar-refractivity contribution is 6.08. The predicted octanol–water partition coefficient (Wildman–Crippen LogP) is 3.71. The summed E-state index contributed by atoms with van der Waals surface area (Å²) in [7, 11) is 0. The minimum atomic E-state index is -0.949. The summed E-state index contributed by atoms with van der Waals surface area (Å²) in [5.74, 6) is -2.06. The molecule has 2 aromatic carbocycles. The first kappa shape index (κ1) is 10.7. The number of carbonyl (C=O) groups excluding carboxylic acids is 1. The molecule has 0 amide bonds. The molecule has 0 atom stereocenters. The van der Waals surface area contributed by atoms with Crippen molar-refractivity contribution in [1.29, 1.82) is 0 Å². The second-order valence-electron chi connectivity index (χ2n) is 3.54. The van der Waals surface area contributed by atoms with Crippen LogP contribution in [0.4, 0.5) is 8.78 Å². The average molecular weight is 220 g/mol. The van der Waals surface area contributed by atoms with Crippen LogP contribution >= 0.6 is 0 Å². The van der Waals surface area contributed by atoms with Gasteiger partial charge in [-0.2, -0.15) is 0 Å². The van der Waals surface area contributed by atoms with Crippen molar-refractivity contribution in [2.75, 3.05) is 0 Å². The zero-order valence-corrected chi connectivity index (χ0v) is 8.76. The van der Waals surface area contributed by atoms with Crippen molar-refractivity contribution in [2.24, 2.45) is 0 Å². The zero-order valence-electron chi connectivity index (χ0n) is 8.76. The Kier molecular flexibility index (Phi) is 2.69. The molecule has 0 N–H and O–H groups in total. The number of benzene rings is 2. The lowest BCUT2D eigenvalue weighted by Crippen LogP contribution is -2.00. The van der Waals surface area contributed by atoms with Gasteiger partial charge in [-0.15, -0.1) is 0 Å². The van der Waals surface area contributed by atoms with E-state index in [0.717, 1.165) is 6.07 Å². The van der Waals surface area contributed by atoms with Gasteiger partial charge < -0.3 is 0 Å². The van der Waals surface area contributed by atoms with Gasteiger partial charge in [0.1, 0.15) is 0 Å². The van der Waals surface area contributed by atoms with Crippen molar-refractivity contribution < 1.29 is 13.6 Å². The van der Waals surface area contributed by atoms with Gasteiger partial charge in [0.25, 0.3) is 0 Å². The second-order valence-corrected chi connectivity index (χ2v) is 3.54. The fraction of sp³-hybridized carbons (Fsp3) is 0.154. The number of hydrogen-bond acceptors (Lipinski definition) is 1. The molecular weight excluding hydrogens is 210 g/mol. The summed E-state index contributed by atoms with van der Waals surface area (Å²) in [6.07, 6.45) is 0.273. The molecule has 1 nitrogen and oxygen atoms in total. The van der Waals surface area contributed by atoms with E-state index in [1.807, 2.05) is 0 Å². The molecule has 0 unspecified atom stereocenters. The molecule has 16 heavy (non-hydrogen) atoms. The molecule has 0 aromatic heterocycles. The van der Waals surface area contributed by atoms with Crippen LogP contribution in [0, 0.1) is 11.6 Å².